The summed E-state index contributed by atoms with van der Waals surface area (Å²) in [6.07, 6.45) is 1.82. The van der Waals surface area contributed by atoms with E-state index in [1.807, 2.05) is 30.5 Å². The fourth-order valence-corrected chi connectivity index (χ4v) is 0.926. The Morgan fingerprint density at radius 1 is 1.20 bits per heavy atom. The first-order chi connectivity index (χ1) is 4.47. The summed E-state index contributed by atoms with van der Waals surface area (Å²) in [5.74, 6) is 0. The van der Waals surface area contributed by atoms with E-state index in [9.17, 15) is 0 Å². The Balaban J connectivity index is 0.000000500. The van der Waals surface area contributed by atoms with Crippen molar-refractivity contribution in [2.75, 3.05) is 0 Å². The number of aromatic amines is 1. The van der Waals surface area contributed by atoms with Gasteiger partial charge in [-0.05, 0) is 0 Å². The summed E-state index contributed by atoms with van der Waals surface area (Å²) < 4.78 is 0. The second-order valence-electron chi connectivity index (χ2n) is 1.98. The third kappa shape index (κ3) is 1.30. The van der Waals surface area contributed by atoms with Gasteiger partial charge in [-0.1, -0.05) is 23.8 Å². The predicted molar refractivity (Wildman–Crippen MR) is 37.1 cm³/mol. The summed E-state index contributed by atoms with van der Waals surface area (Å²) in [6.45, 7) is 0. The summed E-state index contributed by atoms with van der Waals surface area (Å²) in [5.41, 5.74) is 1.15. The molecule has 0 atom stereocenters. The molecule has 0 unspecified atom stereocenters. The van der Waals surface area contributed by atoms with E-state index in [1.165, 1.54) is 0 Å². The van der Waals surface area contributed by atoms with E-state index in [2.05, 4.69) is 11.1 Å². The molecule has 0 amide bonds. The molecule has 1 heterocycles. The summed E-state index contributed by atoms with van der Waals surface area (Å²) in [7, 11) is 0. The van der Waals surface area contributed by atoms with Gasteiger partial charge in [0.05, 0.1) is 0 Å². The maximum absolute atomic E-state index is 3.06. The minimum absolute atomic E-state index is 0. The fourth-order valence-electron chi connectivity index (χ4n) is 0.926. The van der Waals surface area contributed by atoms with Gasteiger partial charge in [-0.2, -0.15) is 17.5 Å². The summed E-state index contributed by atoms with van der Waals surface area (Å²) >= 11 is 0. The van der Waals surface area contributed by atoms with Gasteiger partial charge in [0.2, 0.25) is 0 Å². The van der Waals surface area contributed by atoms with E-state index in [0.717, 1.165) is 10.9 Å². The molecule has 0 saturated heterocycles. The van der Waals surface area contributed by atoms with Crippen molar-refractivity contribution in [2.24, 2.45) is 0 Å². The van der Waals surface area contributed by atoms with Crippen LogP contribution in [0.5, 0.6) is 0 Å². The Labute approximate surface area is 84.7 Å². The Morgan fingerprint density at radius 3 is 2.80 bits per heavy atom. The summed E-state index contributed by atoms with van der Waals surface area (Å²) in [5, 5.41) is 1.15. The van der Waals surface area contributed by atoms with Crippen LogP contribution < -0.4 is 0 Å². The van der Waals surface area contributed by atoms with Crippen molar-refractivity contribution in [3.8, 4) is 0 Å². The molecule has 1 aromatic carbocycles. The molecule has 0 aliphatic rings. The third-order valence-corrected chi connectivity index (χ3v) is 1.38. The van der Waals surface area contributed by atoms with Crippen LogP contribution in [0.15, 0.2) is 30.5 Å². The van der Waals surface area contributed by atoms with E-state index in [1.54, 1.807) is 0 Å². The molecule has 0 aliphatic heterocycles. The quantitative estimate of drug-likeness (QED) is 0.633. The minimum Gasteiger partial charge on any atom is -0.424 e. The molecule has 1 nitrogen and oxygen atoms in total. The van der Waals surface area contributed by atoms with Crippen molar-refractivity contribution < 1.29 is 32.7 Å². The Hall–Kier alpha value is -0.136. The van der Waals surface area contributed by atoms with Crippen LogP contribution in [0.1, 0.15) is 0 Å². The number of rotatable bonds is 0. The van der Waals surface area contributed by atoms with Crippen LogP contribution in [0.3, 0.4) is 0 Å². The number of hydrogen-bond donors (Lipinski definition) is 1. The van der Waals surface area contributed by atoms with Gasteiger partial charge in [-0.25, -0.2) is 0 Å². The Kier molecular flexibility index (Phi) is 2.64. The fraction of sp³-hybridized carbons (Fsp3) is 0. The molecule has 1 aromatic heterocycles. The molecule has 2 heteroatoms. The van der Waals surface area contributed by atoms with Gasteiger partial charge < -0.3 is 4.98 Å². The smallest absolute Gasteiger partial charge is 0.424 e. The molecule has 1 N–H and O–H groups in total. The van der Waals surface area contributed by atoms with Crippen LogP contribution >= 0.6 is 0 Å². The van der Waals surface area contributed by atoms with Crippen LogP contribution in [0.2, 0.25) is 0 Å². The van der Waals surface area contributed by atoms with Crippen LogP contribution in [0, 0.1) is 6.07 Å². The van der Waals surface area contributed by atoms with E-state index < -0.39 is 0 Å². The molecular weight excluding hydrogens is 199 g/mol. The monoisotopic (exact) mass is 205 g/mol. The number of hydrogen-bond acceptors (Lipinski definition) is 0. The largest absolute Gasteiger partial charge is 3.00 e. The zero-order chi connectivity index (χ0) is 6.10. The number of para-hydroxylation sites is 1. The second-order valence-corrected chi connectivity index (χ2v) is 1.98. The van der Waals surface area contributed by atoms with Crippen molar-refractivity contribution in [2.45, 2.75) is 0 Å². The van der Waals surface area contributed by atoms with E-state index >= 15 is 0 Å². The molecule has 0 aliphatic carbocycles. The van der Waals surface area contributed by atoms with Crippen LogP contribution in [-0.4, -0.2) is 4.98 Å². The van der Waals surface area contributed by atoms with Gasteiger partial charge in [0, 0.05) is 0 Å². The molecular formula is C8H6NY+2. The molecule has 0 bridgehead atoms. The van der Waals surface area contributed by atoms with Crippen molar-refractivity contribution in [1.29, 1.82) is 0 Å². The zero-order valence-corrected chi connectivity index (χ0v) is 8.30. The molecule has 0 fully saturated rings. The van der Waals surface area contributed by atoms with Gasteiger partial charge in [-0.3, -0.25) is 0 Å². The average molecular weight is 205 g/mol. The standard InChI is InChI=1S/C8H6N.Y/c1-2-4-8-7(3-1)5-6-9-8;/h1-4,6,9H;/q-1;+3. The normalized spacial score (nSPS) is 9.20. The predicted octanol–water partition coefficient (Wildman–Crippen LogP) is 1.97. The average Bonchev–Trinajstić information content (AvgIpc) is 2.33. The van der Waals surface area contributed by atoms with Crippen molar-refractivity contribution in [3.05, 3.63) is 36.5 Å². The maximum atomic E-state index is 3.06. The number of fused-ring (bicyclic) bond motifs is 1. The Morgan fingerprint density at radius 2 is 2.00 bits per heavy atom. The first-order valence-corrected chi connectivity index (χ1v) is 2.90. The van der Waals surface area contributed by atoms with Gasteiger partial charge in [0.1, 0.15) is 0 Å². The Bertz CT molecular complexity index is 283. The summed E-state index contributed by atoms with van der Waals surface area (Å²) in [4.78, 5) is 3.06. The molecule has 0 radical (unpaired) electrons. The topological polar surface area (TPSA) is 15.8 Å². The zero-order valence-electron chi connectivity index (χ0n) is 5.46. The number of benzene rings is 1. The molecule has 2 aromatic rings. The van der Waals surface area contributed by atoms with Crippen LogP contribution in [0.25, 0.3) is 10.9 Å². The van der Waals surface area contributed by atoms with Crippen molar-refractivity contribution in [1.82, 2.24) is 4.98 Å². The number of H-pyrrole nitrogens is 1. The number of aromatic nitrogens is 1. The molecule has 44 valence electrons. The SMILES string of the molecule is [Y+3].[c-]1c[nH]c2ccccc12. The molecule has 10 heavy (non-hydrogen) atoms. The molecule has 0 saturated carbocycles. The minimum atomic E-state index is 0. The summed E-state index contributed by atoms with van der Waals surface area (Å²) in [6, 6.07) is 11.1. The van der Waals surface area contributed by atoms with Crippen molar-refractivity contribution in [3.63, 3.8) is 0 Å². The van der Waals surface area contributed by atoms with Crippen LogP contribution in [0.4, 0.5) is 0 Å². The van der Waals surface area contributed by atoms with Crippen molar-refractivity contribution >= 4 is 10.9 Å². The first kappa shape index (κ1) is 7.97. The van der Waals surface area contributed by atoms with Gasteiger partial charge >= 0.3 is 32.7 Å². The number of nitrogens with one attached hydrogen (secondary N) is 1. The third-order valence-electron chi connectivity index (χ3n) is 1.38. The van der Waals surface area contributed by atoms with Gasteiger partial charge in [0.25, 0.3) is 0 Å². The van der Waals surface area contributed by atoms with E-state index in [4.69, 9.17) is 0 Å². The van der Waals surface area contributed by atoms with Gasteiger partial charge in [0.15, 0.2) is 0 Å². The molecule has 2 rings (SSSR count). The maximum Gasteiger partial charge on any atom is 3.00 e. The van der Waals surface area contributed by atoms with Crippen LogP contribution in [-0.2, 0) is 32.7 Å². The van der Waals surface area contributed by atoms with E-state index in [-0.39, 0.29) is 32.7 Å². The van der Waals surface area contributed by atoms with E-state index in [0.29, 0.717) is 0 Å². The second kappa shape index (κ2) is 3.31. The van der Waals surface area contributed by atoms with Gasteiger partial charge in [-0.15, -0.1) is 6.07 Å². The first-order valence-electron chi connectivity index (χ1n) is 2.90. The molecule has 0 spiro atoms.